The van der Waals surface area contributed by atoms with Crippen molar-refractivity contribution in [1.82, 2.24) is 9.97 Å². The fraction of sp³-hybridized carbons (Fsp3) is 0.300. The molecule has 4 rings (SSSR count). The van der Waals surface area contributed by atoms with Gasteiger partial charge < -0.3 is 9.72 Å². The number of fused-ring (bicyclic) bond motifs is 1. The summed E-state index contributed by atoms with van der Waals surface area (Å²) in [5, 5.41) is 10.3. The predicted octanol–water partition coefficient (Wildman–Crippen LogP) is 4.30. The summed E-state index contributed by atoms with van der Waals surface area (Å²) in [7, 11) is 1.69. The molecule has 1 aliphatic rings. The van der Waals surface area contributed by atoms with Gasteiger partial charge in [0.2, 0.25) is 0 Å². The second kappa shape index (κ2) is 6.01. The lowest BCUT2D eigenvalue weighted by atomic mass is 9.81. The van der Waals surface area contributed by atoms with E-state index in [1.54, 1.807) is 13.2 Å². The number of pyridine rings is 1. The Bertz CT molecular complexity index is 932. The van der Waals surface area contributed by atoms with E-state index in [1.807, 2.05) is 18.2 Å². The van der Waals surface area contributed by atoms with Crippen LogP contribution < -0.4 is 4.74 Å². The number of aromatic amines is 1. The average molecular weight is 317 g/mol. The van der Waals surface area contributed by atoms with Crippen LogP contribution in [0.15, 0.2) is 36.4 Å². The van der Waals surface area contributed by atoms with Gasteiger partial charge in [-0.05, 0) is 48.6 Å². The highest BCUT2D eigenvalue weighted by atomic mass is 16.5. The number of methoxy groups -OCH3 is 1. The highest BCUT2D eigenvalue weighted by Gasteiger charge is 2.25. The van der Waals surface area contributed by atoms with E-state index in [2.05, 4.69) is 28.2 Å². The maximum atomic E-state index is 9.08. The molecule has 0 bridgehead atoms. The number of nitriles is 1. The van der Waals surface area contributed by atoms with Crippen LogP contribution in [0, 0.1) is 11.3 Å². The number of nitrogens with one attached hydrogen (secondary N) is 1. The summed E-state index contributed by atoms with van der Waals surface area (Å²) in [5.74, 6) is 1.47. The van der Waals surface area contributed by atoms with Gasteiger partial charge >= 0.3 is 0 Å². The quantitative estimate of drug-likeness (QED) is 0.780. The minimum Gasteiger partial charge on any atom is -0.497 e. The van der Waals surface area contributed by atoms with Gasteiger partial charge in [-0.1, -0.05) is 12.5 Å². The van der Waals surface area contributed by atoms with Gasteiger partial charge in [-0.2, -0.15) is 5.26 Å². The van der Waals surface area contributed by atoms with Crippen LogP contribution in [-0.2, 0) is 6.42 Å². The Morgan fingerprint density at radius 1 is 1.29 bits per heavy atom. The number of hydrogen-bond donors (Lipinski definition) is 1. The van der Waals surface area contributed by atoms with E-state index in [0.717, 1.165) is 23.4 Å². The lowest BCUT2D eigenvalue weighted by Crippen LogP contribution is -2.11. The second-order valence-electron chi connectivity index (χ2n) is 6.36. The molecule has 4 heteroatoms. The van der Waals surface area contributed by atoms with Crippen LogP contribution in [0.5, 0.6) is 5.75 Å². The minimum atomic E-state index is 0.471. The third kappa shape index (κ3) is 2.52. The maximum Gasteiger partial charge on any atom is 0.140 e. The predicted molar refractivity (Wildman–Crippen MR) is 93.2 cm³/mol. The molecule has 1 fully saturated rings. The Morgan fingerprint density at radius 3 is 2.88 bits per heavy atom. The zero-order valence-electron chi connectivity index (χ0n) is 13.7. The van der Waals surface area contributed by atoms with Crippen LogP contribution in [0.3, 0.4) is 0 Å². The average Bonchev–Trinajstić information content (AvgIpc) is 2.90. The van der Waals surface area contributed by atoms with Gasteiger partial charge in [0.25, 0.3) is 0 Å². The van der Waals surface area contributed by atoms with Crippen molar-refractivity contribution in [3.63, 3.8) is 0 Å². The molecule has 1 aromatic carbocycles. The topological polar surface area (TPSA) is 61.7 Å². The summed E-state index contributed by atoms with van der Waals surface area (Å²) in [6.45, 7) is 0. The fourth-order valence-electron chi connectivity index (χ4n) is 3.44. The van der Waals surface area contributed by atoms with E-state index in [4.69, 9.17) is 10.00 Å². The number of H-pyrrole nitrogens is 1. The molecular weight excluding hydrogens is 298 g/mol. The smallest absolute Gasteiger partial charge is 0.140 e. The van der Waals surface area contributed by atoms with Crippen LogP contribution in [0.2, 0.25) is 0 Å². The highest BCUT2D eigenvalue weighted by Crippen LogP contribution is 2.41. The van der Waals surface area contributed by atoms with Gasteiger partial charge in [-0.15, -0.1) is 0 Å². The molecule has 120 valence electrons. The van der Waals surface area contributed by atoms with Crippen LogP contribution >= 0.6 is 0 Å². The normalized spacial score (nSPS) is 14.3. The first-order chi connectivity index (χ1) is 11.8. The zero-order valence-corrected chi connectivity index (χ0v) is 13.7. The molecule has 0 saturated heterocycles. The van der Waals surface area contributed by atoms with Gasteiger partial charge in [0, 0.05) is 34.8 Å². The van der Waals surface area contributed by atoms with Gasteiger partial charge in [0.1, 0.15) is 17.5 Å². The zero-order chi connectivity index (χ0) is 16.5. The van der Waals surface area contributed by atoms with Crippen LogP contribution in [0.1, 0.15) is 47.8 Å². The number of rotatable bonds is 4. The molecule has 2 aromatic heterocycles. The van der Waals surface area contributed by atoms with Gasteiger partial charge in [0.05, 0.1) is 7.11 Å². The van der Waals surface area contributed by atoms with Crippen molar-refractivity contribution in [2.45, 2.75) is 31.6 Å². The molecule has 0 unspecified atom stereocenters. The van der Waals surface area contributed by atoms with Gasteiger partial charge in [-0.25, -0.2) is 4.98 Å². The molecule has 1 aliphatic carbocycles. The molecule has 0 spiro atoms. The van der Waals surface area contributed by atoms with Crippen molar-refractivity contribution in [2.24, 2.45) is 0 Å². The fourth-order valence-corrected chi connectivity index (χ4v) is 3.44. The summed E-state index contributed by atoms with van der Waals surface area (Å²) in [5.41, 5.74) is 5.15. The molecule has 1 N–H and O–H groups in total. The van der Waals surface area contributed by atoms with Crippen molar-refractivity contribution in [3.8, 4) is 11.8 Å². The Hall–Kier alpha value is -2.80. The van der Waals surface area contributed by atoms with E-state index in [1.165, 1.54) is 35.9 Å². The van der Waals surface area contributed by atoms with Crippen LogP contribution in [0.25, 0.3) is 10.9 Å². The molecule has 4 nitrogen and oxygen atoms in total. The van der Waals surface area contributed by atoms with E-state index in [0.29, 0.717) is 11.6 Å². The summed E-state index contributed by atoms with van der Waals surface area (Å²) in [6, 6.07) is 13.9. The monoisotopic (exact) mass is 317 g/mol. The van der Waals surface area contributed by atoms with Crippen molar-refractivity contribution in [3.05, 3.63) is 59.0 Å². The largest absolute Gasteiger partial charge is 0.497 e. The van der Waals surface area contributed by atoms with Crippen LogP contribution in [0.4, 0.5) is 0 Å². The Labute approximate surface area is 141 Å². The minimum absolute atomic E-state index is 0.471. The summed E-state index contributed by atoms with van der Waals surface area (Å²) in [6.07, 6.45) is 4.52. The molecule has 2 heterocycles. The van der Waals surface area contributed by atoms with Crippen molar-refractivity contribution in [1.29, 1.82) is 5.26 Å². The van der Waals surface area contributed by atoms with Crippen molar-refractivity contribution < 1.29 is 4.74 Å². The number of nitrogens with zero attached hydrogens (tertiary/aromatic N) is 2. The maximum absolute atomic E-state index is 9.08. The summed E-state index contributed by atoms with van der Waals surface area (Å²) in [4.78, 5) is 8.07. The molecule has 0 amide bonds. The van der Waals surface area contributed by atoms with Gasteiger partial charge in [0.15, 0.2) is 0 Å². The first kappa shape index (κ1) is 14.8. The second-order valence-corrected chi connectivity index (χ2v) is 6.36. The lowest BCUT2D eigenvalue weighted by Gasteiger charge is -2.25. The summed E-state index contributed by atoms with van der Waals surface area (Å²) < 4.78 is 5.35. The van der Waals surface area contributed by atoms with Crippen molar-refractivity contribution >= 4 is 10.9 Å². The van der Waals surface area contributed by atoms with Gasteiger partial charge in [-0.3, -0.25) is 0 Å². The standard InChI is InChI=1S/C20H19N3O/c1-24-16-8-9-17-18(10-14-6-3-7-15(12-21)22-14)20(13-4-2-5-13)23-19(17)11-16/h3,6-9,11,13,23H,2,4-5,10H2,1H3. The first-order valence-corrected chi connectivity index (χ1v) is 8.33. The van der Waals surface area contributed by atoms with E-state index in [9.17, 15) is 0 Å². The Balaban J connectivity index is 1.80. The Kier molecular flexibility index (Phi) is 3.70. The van der Waals surface area contributed by atoms with E-state index in [-0.39, 0.29) is 0 Å². The van der Waals surface area contributed by atoms with E-state index >= 15 is 0 Å². The first-order valence-electron chi connectivity index (χ1n) is 8.33. The third-order valence-corrected chi connectivity index (χ3v) is 4.94. The lowest BCUT2D eigenvalue weighted by molar-refractivity contribution is 0.410. The van der Waals surface area contributed by atoms with Crippen molar-refractivity contribution in [2.75, 3.05) is 7.11 Å². The molecule has 24 heavy (non-hydrogen) atoms. The Morgan fingerprint density at radius 2 is 2.17 bits per heavy atom. The highest BCUT2D eigenvalue weighted by molar-refractivity contribution is 5.86. The molecule has 0 aliphatic heterocycles. The molecule has 1 saturated carbocycles. The molecule has 3 aromatic rings. The molecular formula is C20H19N3O. The number of benzene rings is 1. The van der Waals surface area contributed by atoms with Crippen LogP contribution in [-0.4, -0.2) is 17.1 Å². The number of hydrogen-bond acceptors (Lipinski definition) is 3. The SMILES string of the molecule is COc1ccc2c(Cc3cccc(C#N)n3)c(C3CCC3)[nH]c2c1. The summed E-state index contributed by atoms with van der Waals surface area (Å²) >= 11 is 0. The third-order valence-electron chi connectivity index (χ3n) is 4.94. The van der Waals surface area contributed by atoms with E-state index < -0.39 is 0 Å². The number of ether oxygens (including phenoxy) is 1. The molecule has 0 atom stereocenters. The number of aromatic nitrogens is 2. The molecule has 0 radical (unpaired) electrons.